The second-order valence-electron chi connectivity index (χ2n) is 8.61. The third-order valence-electron chi connectivity index (χ3n) is 6.10. The van der Waals surface area contributed by atoms with E-state index in [9.17, 15) is 9.59 Å². The molecule has 36 heavy (non-hydrogen) atoms. The Kier molecular flexibility index (Phi) is 7.85. The maximum absolute atomic E-state index is 13.5. The van der Waals surface area contributed by atoms with Crippen molar-refractivity contribution in [3.8, 4) is 17.2 Å². The van der Waals surface area contributed by atoms with Gasteiger partial charge in [-0.25, -0.2) is 0 Å². The van der Waals surface area contributed by atoms with Crippen molar-refractivity contribution < 1.29 is 24.2 Å². The Morgan fingerprint density at radius 2 is 1.58 bits per heavy atom. The van der Waals surface area contributed by atoms with Crippen molar-refractivity contribution in [1.29, 1.82) is 0 Å². The van der Waals surface area contributed by atoms with Crippen molar-refractivity contribution in [2.75, 3.05) is 7.11 Å². The molecule has 0 spiro atoms. The first-order valence-electron chi connectivity index (χ1n) is 11.9. The molecule has 0 aliphatic carbocycles. The summed E-state index contributed by atoms with van der Waals surface area (Å²) in [6, 6.07) is 26.4. The lowest BCUT2D eigenvalue weighted by atomic mass is 9.98. The van der Waals surface area contributed by atoms with E-state index in [1.807, 2.05) is 55.5 Å². The predicted octanol–water partition coefficient (Wildman–Crippen LogP) is 6.54. The molecule has 0 heterocycles. The van der Waals surface area contributed by atoms with E-state index >= 15 is 0 Å². The van der Waals surface area contributed by atoms with Gasteiger partial charge in [0.1, 0.15) is 17.2 Å². The lowest BCUT2D eigenvalue weighted by Crippen LogP contribution is -2.27. The summed E-state index contributed by atoms with van der Waals surface area (Å²) in [6.45, 7) is 1.96. The van der Waals surface area contributed by atoms with Gasteiger partial charge in [-0.15, -0.1) is 0 Å². The van der Waals surface area contributed by atoms with Gasteiger partial charge < -0.3 is 19.9 Å². The molecule has 4 aromatic rings. The lowest BCUT2D eigenvalue weighted by molar-refractivity contribution is -0.137. The fourth-order valence-electron chi connectivity index (χ4n) is 4.24. The highest BCUT2D eigenvalue weighted by Crippen LogP contribution is 2.28. The fraction of sp³-hybridized carbons (Fsp3) is 0.200. The minimum absolute atomic E-state index is 0.0393. The van der Waals surface area contributed by atoms with E-state index < -0.39 is 5.97 Å². The van der Waals surface area contributed by atoms with Crippen molar-refractivity contribution in [1.82, 2.24) is 5.32 Å². The van der Waals surface area contributed by atoms with Crippen LogP contribution in [-0.4, -0.2) is 24.1 Å². The third kappa shape index (κ3) is 6.02. The molecule has 6 heteroatoms. The Labute approximate surface area is 210 Å². The van der Waals surface area contributed by atoms with Gasteiger partial charge in [0, 0.05) is 12.0 Å². The van der Waals surface area contributed by atoms with E-state index in [1.165, 1.54) is 0 Å². The van der Waals surface area contributed by atoms with Crippen LogP contribution >= 0.6 is 0 Å². The number of aliphatic carboxylic acids is 1. The highest BCUT2D eigenvalue weighted by atomic mass is 16.5. The molecular formula is C30H29NO5. The Morgan fingerprint density at radius 3 is 2.33 bits per heavy atom. The zero-order valence-corrected chi connectivity index (χ0v) is 20.4. The van der Waals surface area contributed by atoms with Crippen molar-refractivity contribution in [2.45, 2.75) is 32.2 Å². The molecular weight excluding hydrogens is 454 g/mol. The smallest absolute Gasteiger partial charge is 0.303 e. The zero-order chi connectivity index (χ0) is 25.5. The van der Waals surface area contributed by atoms with Gasteiger partial charge in [0.2, 0.25) is 0 Å². The summed E-state index contributed by atoms with van der Waals surface area (Å²) >= 11 is 0. The van der Waals surface area contributed by atoms with Gasteiger partial charge in [0.05, 0.1) is 13.2 Å². The van der Waals surface area contributed by atoms with Crippen LogP contribution in [0.4, 0.5) is 0 Å². The minimum atomic E-state index is -0.856. The Morgan fingerprint density at radius 1 is 0.889 bits per heavy atom. The average Bonchev–Trinajstić information content (AvgIpc) is 2.89. The Hall–Kier alpha value is -4.32. The van der Waals surface area contributed by atoms with Crippen molar-refractivity contribution in [2.24, 2.45) is 0 Å². The molecule has 0 aromatic heterocycles. The summed E-state index contributed by atoms with van der Waals surface area (Å²) in [5, 5.41) is 14.4. The van der Waals surface area contributed by atoms with Gasteiger partial charge in [-0.1, -0.05) is 48.5 Å². The summed E-state index contributed by atoms with van der Waals surface area (Å²) in [5.74, 6) is 0.764. The second-order valence-corrected chi connectivity index (χ2v) is 8.61. The maximum atomic E-state index is 13.5. The first-order chi connectivity index (χ1) is 17.4. The van der Waals surface area contributed by atoms with Crippen molar-refractivity contribution in [3.63, 3.8) is 0 Å². The van der Waals surface area contributed by atoms with Gasteiger partial charge in [0.15, 0.2) is 0 Å². The van der Waals surface area contributed by atoms with Gasteiger partial charge in [0.25, 0.3) is 5.91 Å². The number of hydrogen-bond acceptors (Lipinski definition) is 4. The van der Waals surface area contributed by atoms with E-state index in [4.69, 9.17) is 14.6 Å². The maximum Gasteiger partial charge on any atom is 0.303 e. The first-order valence-corrected chi connectivity index (χ1v) is 11.9. The Bertz CT molecular complexity index is 1360. The number of nitrogens with one attached hydrogen (secondary N) is 1. The van der Waals surface area contributed by atoms with E-state index in [-0.39, 0.29) is 18.4 Å². The topological polar surface area (TPSA) is 84.9 Å². The summed E-state index contributed by atoms with van der Waals surface area (Å²) in [7, 11) is 1.60. The molecule has 0 fully saturated rings. The number of methoxy groups -OCH3 is 1. The van der Waals surface area contributed by atoms with Crippen LogP contribution in [0.1, 0.15) is 47.3 Å². The lowest BCUT2D eigenvalue weighted by Gasteiger charge is -2.19. The molecule has 0 aliphatic heterocycles. The van der Waals surface area contributed by atoms with Crippen LogP contribution in [0.2, 0.25) is 0 Å². The number of ether oxygens (including phenoxy) is 2. The highest BCUT2D eigenvalue weighted by molar-refractivity contribution is 5.97. The molecule has 1 amide bonds. The normalized spacial score (nSPS) is 11.6. The SMILES string of the molecule is COc1ccc(Oc2ccc(CCCC(=O)O)c(C(=O)N[C@H](C)c3cccc4ccccc34)c2)cc1. The molecule has 0 saturated heterocycles. The molecule has 0 saturated carbocycles. The van der Waals surface area contributed by atoms with Gasteiger partial charge in [-0.05, 0) is 78.1 Å². The molecule has 4 aromatic carbocycles. The molecule has 6 nitrogen and oxygen atoms in total. The van der Waals surface area contributed by atoms with E-state index in [0.717, 1.165) is 27.6 Å². The fourth-order valence-corrected chi connectivity index (χ4v) is 4.24. The minimum Gasteiger partial charge on any atom is -0.497 e. The van der Waals surface area contributed by atoms with Crippen LogP contribution in [0.15, 0.2) is 84.9 Å². The van der Waals surface area contributed by atoms with Crippen LogP contribution in [0, 0.1) is 0 Å². The molecule has 2 N–H and O–H groups in total. The van der Waals surface area contributed by atoms with Crippen molar-refractivity contribution in [3.05, 3.63) is 102 Å². The molecule has 184 valence electrons. The number of carboxylic acids is 1. The third-order valence-corrected chi connectivity index (χ3v) is 6.10. The van der Waals surface area contributed by atoms with E-state index in [1.54, 1.807) is 43.5 Å². The van der Waals surface area contributed by atoms with Crippen LogP contribution in [0.3, 0.4) is 0 Å². The number of benzene rings is 4. The summed E-state index contributed by atoms with van der Waals surface area (Å²) in [6.07, 6.45) is 0.950. The van der Waals surface area contributed by atoms with Crippen molar-refractivity contribution >= 4 is 22.6 Å². The number of hydrogen-bond donors (Lipinski definition) is 2. The summed E-state index contributed by atoms with van der Waals surface area (Å²) in [4.78, 5) is 24.5. The van der Waals surface area contributed by atoms with Gasteiger partial charge in [-0.3, -0.25) is 9.59 Å². The molecule has 4 rings (SSSR count). The first kappa shape index (κ1) is 24.8. The zero-order valence-electron chi connectivity index (χ0n) is 20.4. The number of amides is 1. The number of carboxylic acid groups (broad SMARTS) is 1. The quantitative estimate of drug-likeness (QED) is 0.268. The van der Waals surface area contributed by atoms with E-state index in [0.29, 0.717) is 29.9 Å². The largest absolute Gasteiger partial charge is 0.497 e. The van der Waals surface area contributed by atoms with Crippen LogP contribution in [0.5, 0.6) is 17.2 Å². The van der Waals surface area contributed by atoms with E-state index in [2.05, 4.69) is 5.32 Å². The number of carbonyl (C=O) groups is 2. The molecule has 0 aliphatic rings. The second kappa shape index (κ2) is 11.4. The number of aryl methyl sites for hydroxylation is 1. The molecule has 0 radical (unpaired) electrons. The standard InChI is InChI=1S/C30H29NO5/c1-20(26-11-5-8-21-7-3-4-10-27(21)26)31-30(34)28-19-25(14-13-22(28)9-6-12-29(32)33)36-24-17-15-23(35-2)16-18-24/h3-5,7-8,10-11,13-20H,6,9,12H2,1-2H3,(H,31,34)(H,32,33)/t20-/m1/s1. The monoisotopic (exact) mass is 483 g/mol. The van der Waals surface area contributed by atoms with Gasteiger partial charge >= 0.3 is 5.97 Å². The van der Waals surface area contributed by atoms with Gasteiger partial charge in [-0.2, -0.15) is 0 Å². The Balaban J connectivity index is 1.59. The van der Waals surface area contributed by atoms with Crippen LogP contribution in [0.25, 0.3) is 10.8 Å². The van der Waals surface area contributed by atoms with Crippen LogP contribution in [-0.2, 0) is 11.2 Å². The number of rotatable bonds is 10. The predicted molar refractivity (Wildman–Crippen MR) is 140 cm³/mol. The molecule has 0 bridgehead atoms. The summed E-state index contributed by atoms with van der Waals surface area (Å²) < 4.78 is 11.2. The average molecular weight is 484 g/mol. The molecule has 0 unspecified atom stereocenters. The molecule has 1 atom stereocenters. The summed E-state index contributed by atoms with van der Waals surface area (Å²) in [5.41, 5.74) is 2.28. The number of fused-ring (bicyclic) bond motifs is 1. The van der Waals surface area contributed by atoms with Crippen LogP contribution < -0.4 is 14.8 Å². The number of carbonyl (C=O) groups excluding carboxylic acids is 1. The highest BCUT2D eigenvalue weighted by Gasteiger charge is 2.18.